The van der Waals surface area contributed by atoms with Crippen LogP contribution in [0.1, 0.15) is 19.4 Å². The number of nitrogens with one attached hydrogen (secondary N) is 2. The van der Waals surface area contributed by atoms with Crippen LogP contribution in [0.15, 0.2) is 6.20 Å². The fraction of sp³-hybridized carbons (Fsp3) is 0.444. The molecule has 0 spiro atoms. The number of aromatic nitrogens is 2. The Labute approximate surface area is 87.9 Å². The first-order valence-corrected chi connectivity index (χ1v) is 4.54. The quantitative estimate of drug-likeness (QED) is 0.753. The monoisotopic (exact) mass is 207 g/mol. The molecule has 1 aromatic heterocycles. The van der Waals surface area contributed by atoms with Crippen molar-refractivity contribution in [1.29, 1.82) is 5.26 Å². The Morgan fingerprint density at radius 2 is 2.33 bits per heavy atom. The predicted molar refractivity (Wildman–Crippen MR) is 55.2 cm³/mol. The lowest BCUT2D eigenvalue weighted by molar-refractivity contribution is 0.250. The lowest BCUT2D eigenvalue weighted by atomic mass is 10.3. The third-order valence-corrected chi connectivity index (χ3v) is 1.71. The summed E-state index contributed by atoms with van der Waals surface area (Å²) in [5.41, 5.74) is 0.344. The fourth-order valence-corrected chi connectivity index (χ4v) is 1.07. The molecule has 0 aliphatic heterocycles. The Hall–Kier alpha value is -2.03. The van der Waals surface area contributed by atoms with Gasteiger partial charge in [-0.2, -0.15) is 10.4 Å². The summed E-state index contributed by atoms with van der Waals surface area (Å²) in [6.07, 6.45) is 1.41. The topological polar surface area (TPSA) is 82.7 Å². The highest BCUT2D eigenvalue weighted by Crippen LogP contribution is 2.11. The van der Waals surface area contributed by atoms with Crippen LogP contribution in [0, 0.1) is 11.3 Å². The molecule has 1 aromatic rings. The Morgan fingerprint density at radius 3 is 2.87 bits per heavy atom. The number of hydrogen-bond donors (Lipinski definition) is 2. The van der Waals surface area contributed by atoms with Crippen LogP contribution in [0.4, 0.5) is 10.6 Å². The van der Waals surface area contributed by atoms with Crippen molar-refractivity contribution in [2.45, 2.75) is 19.9 Å². The first kappa shape index (κ1) is 11.0. The second-order valence-corrected chi connectivity index (χ2v) is 3.40. The molecule has 2 amide bonds. The summed E-state index contributed by atoms with van der Waals surface area (Å²) in [5.74, 6) is 0.399. The molecule has 2 N–H and O–H groups in total. The zero-order chi connectivity index (χ0) is 11.4. The molecule has 0 radical (unpaired) electrons. The van der Waals surface area contributed by atoms with Crippen LogP contribution in [0.3, 0.4) is 0 Å². The van der Waals surface area contributed by atoms with Crippen molar-refractivity contribution >= 4 is 11.8 Å². The molecule has 0 saturated carbocycles. The number of urea groups is 1. The second-order valence-electron chi connectivity index (χ2n) is 3.40. The maximum Gasteiger partial charge on any atom is 0.320 e. The van der Waals surface area contributed by atoms with Gasteiger partial charge in [-0.25, -0.2) is 4.79 Å². The van der Waals surface area contributed by atoms with Gasteiger partial charge in [0, 0.05) is 13.1 Å². The van der Waals surface area contributed by atoms with Crippen LogP contribution >= 0.6 is 0 Å². The Kier molecular flexibility index (Phi) is 3.29. The largest absolute Gasteiger partial charge is 0.336 e. The van der Waals surface area contributed by atoms with E-state index in [-0.39, 0.29) is 12.1 Å². The van der Waals surface area contributed by atoms with E-state index in [4.69, 9.17) is 5.26 Å². The summed E-state index contributed by atoms with van der Waals surface area (Å²) in [6, 6.07) is 1.65. The van der Waals surface area contributed by atoms with Crippen LogP contribution in [-0.2, 0) is 7.05 Å². The number of nitriles is 1. The zero-order valence-corrected chi connectivity index (χ0v) is 8.90. The van der Waals surface area contributed by atoms with E-state index in [9.17, 15) is 4.79 Å². The molecule has 0 aliphatic carbocycles. The van der Waals surface area contributed by atoms with Crippen LogP contribution < -0.4 is 10.6 Å². The molecule has 1 rings (SSSR count). The number of nitrogens with zero attached hydrogens (tertiary/aromatic N) is 3. The normalized spacial score (nSPS) is 9.80. The zero-order valence-electron chi connectivity index (χ0n) is 8.90. The minimum atomic E-state index is -0.342. The third kappa shape index (κ3) is 2.71. The SMILES string of the molecule is CC(C)NC(=O)Nc1c(C#N)cnn1C. The molecule has 0 saturated heterocycles. The number of rotatable bonds is 2. The van der Waals surface area contributed by atoms with E-state index < -0.39 is 0 Å². The Morgan fingerprint density at radius 1 is 1.67 bits per heavy atom. The number of carbonyl (C=O) groups is 1. The summed E-state index contributed by atoms with van der Waals surface area (Å²) >= 11 is 0. The van der Waals surface area contributed by atoms with E-state index in [2.05, 4.69) is 15.7 Å². The number of amides is 2. The van der Waals surface area contributed by atoms with Crippen LogP contribution in [0.5, 0.6) is 0 Å². The molecule has 0 fully saturated rings. The molecule has 80 valence electrons. The van der Waals surface area contributed by atoms with E-state index in [1.165, 1.54) is 10.9 Å². The highest BCUT2D eigenvalue weighted by Gasteiger charge is 2.11. The lowest BCUT2D eigenvalue weighted by Crippen LogP contribution is -2.34. The van der Waals surface area contributed by atoms with E-state index in [1.807, 2.05) is 19.9 Å². The lowest BCUT2D eigenvalue weighted by Gasteiger charge is -2.10. The standard InChI is InChI=1S/C9H13N5O/c1-6(2)12-9(15)13-8-7(4-10)5-11-14(8)3/h5-6H,1-3H3,(H2,12,13,15). The molecule has 6 heteroatoms. The number of aryl methyl sites for hydroxylation is 1. The summed E-state index contributed by atoms with van der Waals surface area (Å²) in [6.45, 7) is 3.71. The Balaban J connectivity index is 2.76. The van der Waals surface area contributed by atoms with Gasteiger partial charge in [-0.05, 0) is 13.8 Å². The molecule has 6 nitrogen and oxygen atoms in total. The second kappa shape index (κ2) is 4.46. The molecule has 0 atom stereocenters. The predicted octanol–water partition coefficient (Wildman–Crippen LogP) is 0.822. The first-order valence-electron chi connectivity index (χ1n) is 4.54. The smallest absolute Gasteiger partial charge is 0.320 e. The fourth-order valence-electron chi connectivity index (χ4n) is 1.07. The molecule has 0 aromatic carbocycles. The maximum atomic E-state index is 11.4. The van der Waals surface area contributed by atoms with Gasteiger partial charge in [0.1, 0.15) is 17.5 Å². The van der Waals surface area contributed by atoms with Crippen molar-refractivity contribution < 1.29 is 4.79 Å². The summed E-state index contributed by atoms with van der Waals surface area (Å²) < 4.78 is 1.44. The van der Waals surface area contributed by atoms with Crippen LogP contribution in [-0.4, -0.2) is 21.9 Å². The van der Waals surface area contributed by atoms with Gasteiger partial charge in [0.15, 0.2) is 0 Å². The maximum absolute atomic E-state index is 11.4. The molecule has 0 unspecified atom stereocenters. The van der Waals surface area contributed by atoms with Gasteiger partial charge >= 0.3 is 6.03 Å². The third-order valence-electron chi connectivity index (χ3n) is 1.71. The van der Waals surface area contributed by atoms with Crippen LogP contribution in [0.2, 0.25) is 0 Å². The average molecular weight is 207 g/mol. The molecule has 0 aliphatic rings. The summed E-state index contributed by atoms with van der Waals surface area (Å²) in [5, 5.41) is 17.9. The number of hydrogen-bond acceptors (Lipinski definition) is 3. The Bertz CT molecular complexity index is 401. The van der Waals surface area contributed by atoms with Gasteiger partial charge in [-0.15, -0.1) is 0 Å². The minimum absolute atomic E-state index is 0.0452. The van der Waals surface area contributed by atoms with Crippen molar-refractivity contribution in [1.82, 2.24) is 15.1 Å². The van der Waals surface area contributed by atoms with Gasteiger partial charge < -0.3 is 5.32 Å². The van der Waals surface area contributed by atoms with Gasteiger partial charge in [0.05, 0.1) is 6.20 Å². The minimum Gasteiger partial charge on any atom is -0.336 e. The number of anilines is 1. The summed E-state index contributed by atoms with van der Waals surface area (Å²) in [7, 11) is 1.66. The van der Waals surface area contributed by atoms with Crippen molar-refractivity contribution in [2.75, 3.05) is 5.32 Å². The first-order chi connectivity index (χ1) is 7.04. The van der Waals surface area contributed by atoms with Crippen molar-refractivity contribution in [3.63, 3.8) is 0 Å². The van der Waals surface area contributed by atoms with Crippen LogP contribution in [0.25, 0.3) is 0 Å². The molecular formula is C9H13N5O. The van der Waals surface area contributed by atoms with Gasteiger partial charge in [0.2, 0.25) is 0 Å². The highest BCUT2D eigenvalue weighted by molar-refractivity contribution is 5.89. The molecule has 0 bridgehead atoms. The van der Waals surface area contributed by atoms with Crippen molar-refractivity contribution in [3.8, 4) is 6.07 Å². The van der Waals surface area contributed by atoms with Gasteiger partial charge in [0.25, 0.3) is 0 Å². The highest BCUT2D eigenvalue weighted by atomic mass is 16.2. The van der Waals surface area contributed by atoms with Crippen molar-refractivity contribution in [3.05, 3.63) is 11.8 Å². The van der Waals surface area contributed by atoms with Gasteiger partial charge in [-0.3, -0.25) is 10.00 Å². The van der Waals surface area contributed by atoms with Gasteiger partial charge in [-0.1, -0.05) is 0 Å². The van der Waals surface area contributed by atoms with E-state index >= 15 is 0 Å². The van der Waals surface area contributed by atoms with Crippen molar-refractivity contribution in [2.24, 2.45) is 7.05 Å². The molecule has 1 heterocycles. The number of carbonyl (C=O) groups excluding carboxylic acids is 1. The average Bonchev–Trinajstić information content (AvgIpc) is 2.46. The van der Waals surface area contributed by atoms with E-state index in [0.29, 0.717) is 11.4 Å². The molecular weight excluding hydrogens is 194 g/mol. The van der Waals surface area contributed by atoms with E-state index in [1.54, 1.807) is 7.05 Å². The summed E-state index contributed by atoms with van der Waals surface area (Å²) in [4.78, 5) is 11.4. The molecule has 15 heavy (non-hydrogen) atoms. The van der Waals surface area contributed by atoms with E-state index in [0.717, 1.165) is 0 Å².